The topological polar surface area (TPSA) is 98.7 Å². The Morgan fingerprint density at radius 2 is 1.79 bits per heavy atom. The molecular formula is C12H21N3O4. The van der Waals surface area contributed by atoms with Crippen molar-refractivity contribution in [1.82, 2.24) is 15.8 Å². The highest BCUT2D eigenvalue weighted by molar-refractivity contribution is 5.94. The number of nitrogens with one attached hydrogen (secondary N) is 2. The zero-order chi connectivity index (χ0) is 14.3. The first-order chi connectivity index (χ1) is 8.97. The van der Waals surface area contributed by atoms with Crippen molar-refractivity contribution in [2.75, 3.05) is 13.1 Å². The van der Waals surface area contributed by atoms with Gasteiger partial charge in [0.1, 0.15) is 0 Å². The number of imide groups is 1. The van der Waals surface area contributed by atoms with Crippen LogP contribution in [0.2, 0.25) is 0 Å². The minimum absolute atomic E-state index is 0.0275. The lowest BCUT2D eigenvalue weighted by Gasteiger charge is -2.26. The molecule has 1 fully saturated rings. The molecule has 1 atom stereocenters. The molecule has 1 aliphatic rings. The molecule has 7 nitrogen and oxygen atoms in total. The number of amides is 3. The molecule has 19 heavy (non-hydrogen) atoms. The van der Waals surface area contributed by atoms with Gasteiger partial charge in [-0.15, -0.1) is 0 Å². The van der Waals surface area contributed by atoms with E-state index in [2.05, 4.69) is 10.7 Å². The second-order valence-corrected chi connectivity index (χ2v) is 4.94. The van der Waals surface area contributed by atoms with Gasteiger partial charge in [-0.25, -0.2) is 9.80 Å². The van der Waals surface area contributed by atoms with E-state index in [1.807, 2.05) is 0 Å². The fourth-order valence-electron chi connectivity index (χ4n) is 2.04. The van der Waals surface area contributed by atoms with Crippen LogP contribution in [0.5, 0.6) is 0 Å². The van der Waals surface area contributed by atoms with E-state index < -0.39 is 17.9 Å². The van der Waals surface area contributed by atoms with Crippen LogP contribution in [0.1, 0.15) is 39.0 Å². The summed E-state index contributed by atoms with van der Waals surface area (Å²) in [5.74, 6) is -1.69. The van der Waals surface area contributed by atoms with Gasteiger partial charge < -0.3 is 5.11 Å². The van der Waals surface area contributed by atoms with Crippen LogP contribution in [-0.2, 0) is 9.59 Å². The highest BCUT2D eigenvalue weighted by atomic mass is 16.4. The molecule has 1 saturated heterocycles. The lowest BCUT2D eigenvalue weighted by Crippen LogP contribution is -2.50. The van der Waals surface area contributed by atoms with E-state index in [-0.39, 0.29) is 18.8 Å². The van der Waals surface area contributed by atoms with Crippen LogP contribution >= 0.6 is 0 Å². The summed E-state index contributed by atoms with van der Waals surface area (Å²) in [4.78, 5) is 33.5. The van der Waals surface area contributed by atoms with Gasteiger partial charge >= 0.3 is 12.0 Å². The Morgan fingerprint density at radius 3 is 2.37 bits per heavy atom. The Bertz CT molecular complexity index is 340. The third-order valence-corrected chi connectivity index (χ3v) is 2.93. The standard InChI is InChI=1S/C12H21N3O4/c1-9(8-11(17)18)7-10(16)13-12(19)14-15-5-3-2-4-6-15/h9H,2-8H2,1H3,(H,17,18)(H2,13,14,16,19). The van der Waals surface area contributed by atoms with Crippen molar-refractivity contribution in [2.24, 2.45) is 5.92 Å². The Hall–Kier alpha value is -1.63. The van der Waals surface area contributed by atoms with Crippen LogP contribution in [0.15, 0.2) is 0 Å². The van der Waals surface area contributed by atoms with Gasteiger partial charge in [0.05, 0.1) is 0 Å². The van der Waals surface area contributed by atoms with Crippen LogP contribution in [0, 0.1) is 5.92 Å². The summed E-state index contributed by atoms with van der Waals surface area (Å²) in [6, 6.07) is -0.547. The lowest BCUT2D eigenvalue weighted by atomic mass is 10.0. The summed E-state index contributed by atoms with van der Waals surface area (Å²) >= 11 is 0. The molecule has 0 radical (unpaired) electrons. The van der Waals surface area contributed by atoms with Gasteiger partial charge in [-0.05, 0) is 18.8 Å². The molecule has 0 spiro atoms. The van der Waals surface area contributed by atoms with Crippen molar-refractivity contribution in [3.63, 3.8) is 0 Å². The number of urea groups is 1. The summed E-state index contributed by atoms with van der Waals surface area (Å²) in [6.07, 6.45) is 3.17. The minimum Gasteiger partial charge on any atom is -0.481 e. The number of hydrogen-bond donors (Lipinski definition) is 3. The molecule has 1 unspecified atom stereocenters. The van der Waals surface area contributed by atoms with Crippen LogP contribution in [0.3, 0.4) is 0 Å². The number of carboxylic acid groups (broad SMARTS) is 1. The number of piperidine rings is 1. The van der Waals surface area contributed by atoms with E-state index in [4.69, 9.17) is 5.11 Å². The first-order valence-electron chi connectivity index (χ1n) is 6.54. The van der Waals surface area contributed by atoms with Gasteiger partial charge in [-0.3, -0.25) is 20.3 Å². The summed E-state index contributed by atoms with van der Waals surface area (Å²) in [6.45, 7) is 3.24. The fraction of sp³-hybridized carbons (Fsp3) is 0.750. The highest BCUT2D eigenvalue weighted by Gasteiger charge is 2.17. The van der Waals surface area contributed by atoms with E-state index in [0.29, 0.717) is 0 Å². The Balaban J connectivity index is 2.23. The zero-order valence-electron chi connectivity index (χ0n) is 11.1. The number of carbonyl (C=O) groups is 3. The van der Waals surface area contributed by atoms with Gasteiger partial charge in [-0.2, -0.15) is 0 Å². The van der Waals surface area contributed by atoms with Crippen molar-refractivity contribution in [3.05, 3.63) is 0 Å². The largest absolute Gasteiger partial charge is 0.481 e. The molecule has 108 valence electrons. The molecule has 0 aromatic carbocycles. The monoisotopic (exact) mass is 271 g/mol. The van der Waals surface area contributed by atoms with E-state index in [0.717, 1.165) is 32.4 Å². The summed E-state index contributed by atoms with van der Waals surface area (Å²) in [5.41, 5.74) is 2.61. The van der Waals surface area contributed by atoms with Crippen molar-refractivity contribution >= 4 is 17.9 Å². The van der Waals surface area contributed by atoms with Gasteiger partial charge in [0, 0.05) is 25.9 Å². The zero-order valence-corrected chi connectivity index (χ0v) is 11.1. The lowest BCUT2D eigenvalue weighted by molar-refractivity contribution is -0.138. The average molecular weight is 271 g/mol. The molecule has 0 aromatic heterocycles. The maximum absolute atomic E-state index is 11.5. The molecule has 1 aliphatic heterocycles. The molecular weight excluding hydrogens is 250 g/mol. The molecule has 7 heteroatoms. The van der Waals surface area contributed by atoms with Crippen molar-refractivity contribution < 1.29 is 19.5 Å². The molecule has 0 aliphatic carbocycles. The smallest absolute Gasteiger partial charge is 0.335 e. The van der Waals surface area contributed by atoms with Crippen LogP contribution in [0.25, 0.3) is 0 Å². The summed E-state index contributed by atoms with van der Waals surface area (Å²) < 4.78 is 0. The van der Waals surface area contributed by atoms with E-state index in [1.54, 1.807) is 11.9 Å². The summed E-state index contributed by atoms with van der Waals surface area (Å²) in [5, 5.41) is 12.6. The van der Waals surface area contributed by atoms with Gasteiger partial charge in [0.15, 0.2) is 0 Å². The highest BCUT2D eigenvalue weighted by Crippen LogP contribution is 2.07. The molecule has 1 rings (SSSR count). The van der Waals surface area contributed by atoms with Crippen LogP contribution < -0.4 is 10.7 Å². The maximum atomic E-state index is 11.5. The molecule has 0 bridgehead atoms. The quantitative estimate of drug-likeness (QED) is 0.684. The minimum atomic E-state index is -0.946. The predicted octanol–water partition coefficient (Wildman–Crippen LogP) is 0.714. The van der Waals surface area contributed by atoms with Crippen molar-refractivity contribution in [1.29, 1.82) is 0 Å². The molecule has 3 amide bonds. The number of hydrogen-bond acceptors (Lipinski definition) is 4. The number of hydrazine groups is 1. The van der Waals surface area contributed by atoms with Crippen LogP contribution in [0.4, 0.5) is 4.79 Å². The van der Waals surface area contributed by atoms with Crippen molar-refractivity contribution in [2.45, 2.75) is 39.0 Å². The number of nitrogens with zero attached hydrogens (tertiary/aromatic N) is 1. The molecule has 0 aromatic rings. The SMILES string of the molecule is CC(CC(=O)O)CC(=O)NC(=O)NN1CCCCC1. The second kappa shape index (κ2) is 7.73. The molecule has 0 saturated carbocycles. The van der Waals surface area contributed by atoms with E-state index in [9.17, 15) is 14.4 Å². The first kappa shape index (κ1) is 15.4. The third kappa shape index (κ3) is 6.76. The van der Waals surface area contributed by atoms with E-state index in [1.165, 1.54) is 0 Å². The van der Waals surface area contributed by atoms with Crippen molar-refractivity contribution in [3.8, 4) is 0 Å². The third-order valence-electron chi connectivity index (χ3n) is 2.93. The Morgan fingerprint density at radius 1 is 1.16 bits per heavy atom. The summed E-state index contributed by atoms with van der Waals surface area (Å²) in [7, 11) is 0. The normalized spacial score (nSPS) is 17.5. The van der Waals surface area contributed by atoms with Gasteiger partial charge in [0.2, 0.25) is 5.91 Å². The Kier molecular flexibility index (Phi) is 6.27. The molecule has 1 heterocycles. The first-order valence-corrected chi connectivity index (χ1v) is 6.54. The number of carbonyl (C=O) groups excluding carboxylic acids is 2. The number of carboxylic acids is 1. The van der Waals surface area contributed by atoms with Gasteiger partial charge in [-0.1, -0.05) is 13.3 Å². The van der Waals surface area contributed by atoms with E-state index >= 15 is 0 Å². The Labute approximate surface area is 112 Å². The second-order valence-electron chi connectivity index (χ2n) is 4.94. The van der Waals surface area contributed by atoms with Gasteiger partial charge in [0.25, 0.3) is 0 Å². The predicted molar refractivity (Wildman–Crippen MR) is 68.1 cm³/mol. The average Bonchev–Trinajstić information content (AvgIpc) is 2.28. The molecule has 3 N–H and O–H groups in total. The maximum Gasteiger partial charge on any atom is 0.335 e. The number of rotatable bonds is 5. The fourth-order valence-corrected chi connectivity index (χ4v) is 2.04. The van der Waals surface area contributed by atoms with Crippen LogP contribution in [-0.4, -0.2) is 41.1 Å². The number of aliphatic carboxylic acids is 1.